The molecular formula is C37H50FN3O4. The van der Waals surface area contributed by atoms with Gasteiger partial charge in [0.05, 0.1) is 24.8 Å². The highest BCUT2D eigenvalue weighted by Gasteiger charge is 2.30. The fourth-order valence-corrected chi connectivity index (χ4v) is 6.23. The summed E-state index contributed by atoms with van der Waals surface area (Å²) in [4.78, 5) is 21.5. The van der Waals surface area contributed by atoms with Crippen molar-refractivity contribution in [3.05, 3.63) is 75.9 Å². The van der Waals surface area contributed by atoms with Gasteiger partial charge in [-0.05, 0) is 93.7 Å². The molecule has 1 fully saturated rings. The normalized spacial score (nSPS) is 16.4. The summed E-state index contributed by atoms with van der Waals surface area (Å²) >= 11 is 0. The van der Waals surface area contributed by atoms with Crippen molar-refractivity contribution in [2.24, 2.45) is 5.41 Å². The van der Waals surface area contributed by atoms with E-state index < -0.39 is 11.6 Å². The molecule has 244 valence electrons. The first-order valence-electron chi connectivity index (χ1n) is 15.9. The molecule has 0 radical (unpaired) electrons. The number of halogens is 1. The van der Waals surface area contributed by atoms with Crippen molar-refractivity contribution in [3.63, 3.8) is 0 Å². The summed E-state index contributed by atoms with van der Waals surface area (Å²) in [6, 6.07) is 11.8. The van der Waals surface area contributed by atoms with Crippen LogP contribution in [0.25, 0.3) is 11.1 Å². The summed E-state index contributed by atoms with van der Waals surface area (Å²) in [5.41, 5.74) is 9.05. The van der Waals surface area contributed by atoms with E-state index in [1.165, 1.54) is 18.2 Å². The number of aromatic nitrogens is 1. The van der Waals surface area contributed by atoms with E-state index in [9.17, 15) is 14.3 Å². The number of aryl methyl sites for hydroxylation is 2. The molecule has 5 rings (SSSR count). The number of nitrogens with zero attached hydrogens (tertiary/aromatic N) is 3. The topological polar surface area (TPSA) is 86.1 Å². The van der Waals surface area contributed by atoms with Gasteiger partial charge in [0.15, 0.2) is 11.6 Å². The predicted molar refractivity (Wildman–Crippen MR) is 178 cm³/mol. The molecule has 45 heavy (non-hydrogen) atoms. The maximum atomic E-state index is 14.2. The Labute approximate surface area is 268 Å². The number of carboxylic acid groups (broad SMARTS) is 1. The van der Waals surface area contributed by atoms with Gasteiger partial charge in [-0.15, -0.1) is 0 Å². The third kappa shape index (κ3) is 9.04. The van der Waals surface area contributed by atoms with Gasteiger partial charge < -0.3 is 19.8 Å². The Hall–Kier alpha value is -3.49. The van der Waals surface area contributed by atoms with E-state index in [1.54, 1.807) is 32.9 Å². The summed E-state index contributed by atoms with van der Waals surface area (Å²) in [5.74, 6) is -0.902. The lowest BCUT2D eigenvalue weighted by Crippen LogP contribution is -2.38. The number of aliphatic hydroxyl groups is 1. The average molecular weight is 620 g/mol. The number of carboxylic acids is 1. The van der Waals surface area contributed by atoms with Gasteiger partial charge in [-0.3, -0.25) is 14.7 Å². The minimum absolute atomic E-state index is 0.0345. The second kappa shape index (κ2) is 13.9. The van der Waals surface area contributed by atoms with Crippen molar-refractivity contribution in [2.75, 3.05) is 31.6 Å². The van der Waals surface area contributed by atoms with Crippen molar-refractivity contribution < 1.29 is 24.1 Å². The molecule has 0 spiro atoms. The Bertz CT molecular complexity index is 1510. The Morgan fingerprint density at radius 2 is 1.69 bits per heavy atom. The van der Waals surface area contributed by atoms with Crippen molar-refractivity contribution in [3.8, 4) is 16.9 Å². The van der Waals surface area contributed by atoms with E-state index in [4.69, 9.17) is 14.8 Å². The van der Waals surface area contributed by atoms with Crippen LogP contribution < -0.4 is 9.64 Å². The first-order valence-corrected chi connectivity index (χ1v) is 15.9. The van der Waals surface area contributed by atoms with Gasteiger partial charge in [0, 0.05) is 55.2 Å². The first-order chi connectivity index (χ1) is 21.0. The molecule has 2 aliphatic heterocycles. The molecule has 7 nitrogen and oxygen atoms in total. The lowest BCUT2D eigenvalue weighted by atomic mass is 9.82. The van der Waals surface area contributed by atoms with Crippen LogP contribution >= 0.6 is 0 Å². The third-order valence-electron chi connectivity index (χ3n) is 8.63. The number of benzene rings is 2. The van der Waals surface area contributed by atoms with Crippen LogP contribution in [0.15, 0.2) is 36.4 Å². The molecule has 0 saturated carbocycles. The standard InChI is InChI=1S/C33H40FN3O3.C4H10O/c1-21-27(18-30(38)39)32(37-14-11-33(3,4)12-15-37)31(22(2)35-21)25-7-8-26-20-36(13-10-24(26)17-25)19-23-6-9-29(40-5)28(34)16-23;1-4(2,3)5/h6-9,16-17H,10-15,18-20H2,1-5H3,(H,38,39);5H,1-3H3. The molecule has 1 saturated heterocycles. The van der Waals surface area contributed by atoms with Gasteiger partial charge in [0.2, 0.25) is 0 Å². The number of pyridine rings is 1. The average Bonchev–Trinajstić information content (AvgIpc) is 2.93. The third-order valence-corrected chi connectivity index (χ3v) is 8.63. The van der Waals surface area contributed by atoms with Gasteiger partial charge in [-0.2, -0.15) is 0 Å². The fraction of sp³-hybridized carbons (Fsp3) is 0.514. The minimum atomic E-state index is -0.833. The van der Waals surface area contributed by atoms with Crippen molar-refractivity contribution in [1.82, 2.24) is 9.88 Å². The lowest BCUT2D eigenvalue weighted by Gasteiger charge is -2.40. The molecule has 0 bridgehead atoms. The van der Waals surface area contributed by atoms with Gasteiger partial charge in [0.1, 0.15) is 0 Å². The number of ether oxygens (including phenoxy) is 1. The Morgan fingerprint density at radius 3 is 2.29 bits per heavy atom. The highest BCUT2D eigenvalue weighted by Crippen LogP contribution is 2.42. The van der Waals surface area contributed by atoms with E-state index in [1.807, 2.05) is 19.9 Å². The van der Waals surface area contributed by atoms with Gasteiger partial charge in [-0.1, -0.05) is 38.1 Å². The SMILES string of the molecule is CC(C)(C)O.COc1ccc(CN2CCc3cc(-c4c(C)nc(C)c(CC(=O)O)c4N4CCC(C)(C)CC4)ccc3C2)cc1F. The van der Waals surface area contributed by atoms with E-state index >= 15 is 0 Å². The first kappa shape index (κ1) is 34.4. The smallest absolute Gasteiger partial charge is 0.307 e. The Morgan fingerprint density at radius 1 is 1.02 bits per heavy atom. The molecule has 2 aliphatic rings. The van der Waals surface area contributed by atoms with Gasteiger partial charge >= 0.3 is 5.97 Å². The number of anilines is 1. The maximum absolute atomic E-state index is 14.2. The highest BCUT2D eigenvalue weighted by atomic mass is 19.1. The molecule has 3 heterocycles. The maximum Gasteiger partial charge on any atom is 0.307 e. The van der Waals surface area contributed by atoms with E-state index in [0.717, 1.165) is 84.8 Å². The number of piperidine rings is 1. The van der Waals surface area contributed by atoms with Crippen molar-refractivity contribution in [2.45, 2.75) is 92.8 Å². The number of carbonyl (C=O) groups is 1. The number of hydrogen-bond acceptors (Lipinski definition) is 6. The number of aliphatic carboxylic acids is 1. The van der Waals surface area contributed by atoms with Crippen molar-refractivity contribution >= 4 is 11.7 Å². The van der Waals surface area contributed by atoms with Gasteiger partial charge in [0.25, 0.3) is 0 Å². The molecule has 2 N–H and O–H groups in total. The zero-order valence-electron chi connectivity index (χ0n) is 28.3. The van der Waals surface area contributed by atoms with Gasteiger partial charge in [-0.25, -0.2) is 4.39 Å². The van der Waals surface area contributed by atoms with Crippen LogP contribution in [-0.4, -0.2) is 58.4 Å². The quantitative estimate of drug-likeness (QED) is 0.292. The Kier molecular flexibility index (Phi) is 10.6. The molecule has 3 aromatic rings. The van der Waals surface area contributed by atoms with E-state index in [0.29, 0.717) is 6.54 Å². The summed E-state index contributed by atoms with van der Waals surface area (Å²) in [6.45, 7) is 18.0. The number of methoxy groups -OCH3 is 1. The van der Waals surface area contributed by atoms with Crippen LogP contribution in [-0.2, 0) is 30.7 Å². The molecule has 8 heteroatoms. The zero-order chi connectivity index (χ0) is 33.1. The van der Waals surface area contributed by atoms with Crippen LogP contribution in [0.5, 0.6) is 5.75 Å². The number of fused-ring (bicyclic) bond motifs is 1. The predicted octanol–water partition coefficient (Wildman–Crippen LogP) is 7.10. The zero-order valence-corrected chi connectivity index (χ0v) is 28.3. The number of hydrogen-bond donors (Lipinski definition) is 2. The van der Waals surface area contributed by atoms with Crippen LogP contribution in [0.1, 0.15) is 81.1 Å². The molecule has 0 amide bonds. The lowest BCUT2D eigenvalue weighted by molar-refractivity contribution is -0.136. The molecule has 1 aromatic heterocycles. The largest absolute Gasteiger partial charge is 0.494 e. The molecule has 0 atom stereocenters. The van der Waals surface area contributed by atoms with Crippen molar-refractivity contribution in [1.29, 1.82) is 0 Å². The van der Waals surface area contributed by atoms with E-state index in [2.05, 4.69) is 41.8 Å². The van der Waals surface area contributed by atoms with Crippen LogP contribution in [0.2, 0.25) is 0 Å². The van der Waals surface area contributed by atoms with Crippen LogP contribution in [0.4, 0.5) is 10.1 Å². The molecule has 2 aromatic carbocycles. The highest BCUT2D eigenvalue weighted by molar-refractivity contribution is 5.86. The van der Waals surface area contributed by atoms with Crippen LogP contribution in [0, 0.1) is 25.1 Å². The summed E-state index contributed by atoms with van der Waals surface area (Å²) in [7, 11) is 1.48. The fourth-order valence-electron chi connectivity index (χ4n) is 6.23. The second-order valence-electron chi connectivity index (χ2n) is 14.3. The monoisotopic (exact) mass is 619 g/mol. The summed E-state index contributed by atoms with van der Waals surface area (Å²) in [5, 5.41) is 18.3. The second-order valence-corrected chi connectivity index (χ2v) is 14.3. The molecule has 0 aliphatic carbocycles. The molecule has 0 unspecified atom stereocenters. The Balaban J connectivity index is 0.000000854. The summed E-state index contributed by atoms with van der Waals surface area (Å²) < 4.78 is 19.3. The molecular weight excluding hydrogens is 569 g/mol. The van der Waals surface area contributed by atoms with Crippen LogP contribution in [0.3, 0.4) is 0 Å². The van der Waals surface area contributed by atoms with E-state index in [-0.39, 0.29) is 23.4 Å². The minimum Gasteiger partial charge on any atom is -0.494 e. The summed E-state index contributed by atoms with van der Waals surface area (Å²) in [6.07, 6.45) is 3.00. The number of rotatable bonds is 7.